The summed E-state index contributed by atoms with van der Waals surface area (Å²) in [5, 5.41) is 1.19. The van der Waals surface area contributed by atoms with Crippen LogP contribution in [0.3, 0.4) is 0 Å². The molecule has 0 saturated carbocycles. The molecule has 5 heteroatoms. The van der Waals surface area contributed by atoms with Crippen LogP contribution in [0.15, 0.2) is 35.8 Å². The van der Waals surface area contributed by atoms with Crippen LogP contribution in [0, 0.1) is 0 Å². The van der Waals surface area contributed by atoms with Gasteiger partial charge in [-0.25, -0.2) is 10.0 Å². The van der Waals surface area contributed by atoms with Gasteiger partial charge in [-0.1, -0.05) is 30.3 Å². The highest BCUT2D eigenvalue weighted by Crippen LogP contribution is 2.26. The maximum Gasteiger partial charge on any atom is 0.289 e. The molecule has 0 saturated heterocycles. The van der Waals surface area contributed by atoms with Crippen LogP contribution >= 0.6 is 11.3 Å². The third kappa shape index (κ3) is 2.35. The SMILES string of the molecule is CON(C)C(=O)c1scnc1-c1ccccc1. The van der Waals surface area contributed by atoms with Gasteiger partial charge >= 0.3 is 0 Å². The number of carbonyl (C=O) groups is 1. The molecule has 0 atom stereocenters. The third-order valence-corrected chi connectivity index (χ3v) is 3.18. The van der Waals surface area contributed by atoms with Gasteiger partial charge in [0.1, 0.15) is 4.88 Å². The predicted molar refractivity (Wildman–Crippen MR) is 66.7 cm³/mol. The number of carbonyl (C=O) groups excluding carboxylic acids is 1. The minimum atomic E-state index is -0.186. The quantitative estimate of drug-likeness (QED) is 0.783. The van der Waals surface area contributed by atoms with Crippen LogP contribution < -0.4 is 0 Å². The number of benzene rings is 1. The van der Waals surface area contributed by atoms with E-state index in [0.29, 0.717) is 10.6 Å². The second-order valence-electron chi connectivity index (χ2n) is 3.38. The average Bonchev–Trinajstić information content (AvgIpc) is 2.87. The largest absolute Gasteiger partial charge is 0.289 e. The lowest BCUT2D eigenvalue weighted by molar-refractivity contribution is -0.0753. The van der Waals surface area contributed by atoms with Gasteiger partial charge in [0.05, 0.1) is 18.3 Å². The fourth-order valence-electron chi connectivity index (χ4n) is 1.43. The number of nitrogens with zero attached hydrogens (tertiary/aromatic N) is 2. The van der Waals surface area contributed by atoms with Gasteiger partial charge in [0.25, 0.3) is 5.91 Å². The van der Waals surface area contributed by atoms with E-state index in [1.54, 1.807) is 12.6 Å². The molecule has 0 radical (unpaired) electrons. The maximum atomic E-state index is 12.0. The van der Waals surface area contributed by atoms with E-state index in [1.807, 2.05) is 30.3 Å². The minimum Gasteiger partial charge on any atom is -0.274 e. The smallest absolute Gasteiger partial charge is 0.274 e. The molecule has 0 aliphatic carbocycles. The number of hydrogen-bond acceptors (Lipinski definition) is 4. The fraction of sp³-hybridized carbons (Fsp3) is 0.167. The van der Waals surface area contributed by atoms with Crippen LogP contribution in [0.5, 0.6) is 0 Å². The topological polar surface area (TPSA) is 42.4 Å². The zero-order valence-corrected chi connectivity index (χ0v) is 10.4. The van der Waals surface area contributed by atoms with Crippen LogP contribution in [0.4, 0.5) is 0 Å². The molecule has 0 aliphatic heterocycles. The highest BCUT2D eigenvalue weighted by molar-refractivity contribution is 7.12. The Bertz CT molecular complexity index is 510. The molecule has 0 fully saturated rings. The molecule has 2 aromatic rings. The molecule has 0 unspecified atom stereocenters. The van der Waals surface area contributed by atoms with E-state index in [0.717, 1.165) is 5.56 Å². The molecule has 0 aliphatic rings. The minimum absolute atomic E-state index is 0.186. The number of thiazole rings is 1. The van der Waals surface area contributed by atoms with E-state index >= 15 is 0 Å². The molecule has 1 aromatic heterocycles. The number of hydrogen-bond donors (Lipinski definition) is 0. The van der Waals surface area contributed by atoms with E-state index in [2.05, 4.69) is 4.98 Å². The monoisotopic (exact) mass is 248 g/mol. The zero-order valence-electron chi connectivity index (χ0n) is 9.58. The van der Waals surface area contributed by atoms with Crippen molar-refractivity contribution in [1.82, 2.24) is 10.0 Å². The molecular formula is C12H12N2O2S. The number of aromatic nitrogens is 1. The Morgan fingerprint density at radius 2 is 2.06 bits per heavy atom. The van der Waals surface area contributed by atoms with Crippen molar-refractivity contribution < 1.29 is 9.63 Å². The van der Waals surface area contributed by atoms with Crippen molar-refractivity contribution in [3.63, 3.8) is 0 Å². The summed E-state index contributed by atoms with van der Waals surface area (Å²) in [7, 11) is 3.04. The van der Waals surface area contributed by atoms with Crippen LogP contribution in [0.2, 0.25) is 0 Å². The molecule has 0 bridgehead atoms. The van der Waals surface area contributed by atoms with Crippen molar-refractivity contribution in [2.24, 2.45) is 0 Å². The number of amides is 1. The first-order chi connectivity index (χ1) is 8.24. The van der Waals surface area contributed by atoms with Gasteiger partial charge in [-0.2, -0.15) is 0 Å². The van der Waals surface area contributed by atoms with Crippen LogP contribution in [0.1, 0.15) is 9.67 Å². The van der Waals surface area contributed by atoms with E-state index < -0.39 is 0 Å². The van der Waals surface area contributed by atoms with Crippen molar-refractivity contribution in [2.45, 2.75) is 0 Å². The van der Waals surface area contributed by atoms with Gasteiger partial charge in [0.2, 0.25) is 0 Å². The lowest BCUT2D eigenvalue weighted by Gasteiger charge is -2.12. The summed E-state index contributed by atoms with van der Waals surface area (Å²) in [5.41, 5.74) is 3.30. The summed E-state index contributed by atoms with van der Waals surface area (Å²) < 4.78 is 0. The highest BCUT2D eigenvalue weighted by Gasteiger charge is 2.19. The van der Waals surface area contributed by atoms with E-state index in [1.165, 1.54) is 23.5 Å². The molecule has 2 rings (SSSR count). The Morgan fingerprint density at radius 3 is 2.71 bits per heavy atom. The second-order valence-corrected chi connectivity index (χ2v) is 4.24. The number of hydroxylamine groups is 2. The standard InChI is InChI=1S/C12H12N2O2S/c1-14(16-2)12(15)11-10(13-8-17-11)9-6-4-3-5-7-9/h3-8H,1-2H3. The van der Waals surface area contributed by atoms with Gasteiger partial charge in [-0.05, 0) is 0 Å². The van der Waals surface area contributed by atoms with Crippen molar-refractivity contribution in [2.75, 3.05) is 14.2 Å². The molecule has 88 valence electrons. The second kappa shape index (κ2) is 5.07. The molecule has 1 aromatic carbocycles. The van der Waals surface area contributed by atoms with E-state index in [4.69, 9.17) is 4.84 Å². The van der Waals surface area contributed by atoms with Crippen molar-refractivity contribution in [3.05, 3.63) is 40.7 Å². The van der Waals surface area contributed by atoms with Gasteiger partial charge in [-0.3, -0.25) is 9.63 Å². The summed E-state index contributed by atoms with van der Waals surface area (Å²) >= 11 is 1.31. The van der Waals surface area contributed by atoms with E-state index in [-0.39, 0.29) is 5.91 Å². The lowest BCUT2D eigenvalue weighted by atomic mass is 10.1. The first-order valence-corrected chi connectivity index (χ1v) is 5.93. The molecular weight excluding hydrogens is 236 g/mol. The summed E-state index contributed by atoms with van der Waals surface area (Å²) in [6.45, 7) is 0. The van der Waals surface area contributed by atoms with Crippen molar-refractivity contribution in [3.8, 4) is 11.3 Å². The Morgan fingerprint density at radius 1 is 1.35 bits per heavy atom. The number of rotatable bonds is 3. The van der Waals surface area contributed by atoms with Gasteiger partial charge in [-0.15, -0.1) is 11.3 Å². The molecule has 4 nitrogen and oxygen atoms in total. The van der Waals surface area contributed by atoms with Crippen LogP contribution in [-0.4, -0.2) is 30.1 Å². The van der Waals surface area contributed by atoms with Crippen molar-refractivity contribution in [1.29, 1.82) is 0 Å². The summed E-state index contributed by atoms with van der Waals surface area (Å²) in [6.07, 6.45) is 0. The molecule has 0 spiro atoms. The van der Waals surface area contributed by atoms with Crippen LogP contribution in [0.25, 0.3) is 11.3 Å². The Kier molecular flexibility index (Phi) is 3.51. The molecule has 0 N–H and O–H groups in total. The first kappa shape index (κ1) is 11.8. The normalized spacial score (nSPS) is 10.2. The molecule has 1 heterocycles. The first-order valence-electron chi connectivity index (χ1n) is 5.05. The summed E-state index contributed by atoms with van der Waals surface area (Å²) in [5.74, 6) is -0.186. The lowest BCUT2D eigenvalue weighted by Crippen LogP contribution is -2.25. The maximum absolute atomic E-state index is 12.0. The summed E-state index contributed by atoms with van der Waals surface area (Å²) in [4.78, 5) is 21.7. The van der Waals surface area contributed by atoms with Gasteiger partial charge in [0, 0.05) is 12.6 Å². The fourth-order valence-corrected chi connectivity index (χ4v) is 2.20. The zero-order chi connectivity index (χ0) is 12.3. The van der Waals surface area contributed by atoms with Crippen molar-refractivity contribution >= 4 is 17.2 Å². The third-order valence-electron chi connectivity index (χ3n) is 2.37. The highest BCUT2D eigenvalue weighted by atomic mass is 32.1. The Balaban J connectivity index is 2.39. The van der Waals surface area contributed by atoms with E-state index in [9.17, 15) is 4.79 Å². The Labute approximate surface area is 103 Å². The van der Waals surface area contributed by atoms with Crippen LogP contribution in [-0.2, 0) is 4.84 Å². The summed E-state index contributed by atoms with van der Waals surface area (Å²) in [6, 6.07) is 9.63. The average molecular weight is 248 g/mol. The predicted octanol–water partition coefficient (Wildman–Crippen LogP) is 2.44. The van der Waals surface area contributed by atoms with Gasteiger partial charge in [0.15, 0.2) is 0 Å². The molecule has 17 heavy (non-hydrogen) atoms. The molecule has 1 amide bonds. The Hall–Kier alpha value is -1.72. The van der Waals surface area contributed by atoms with Gasteiger partial charge < -0.3 is 0 Å².